The lowest BCUT2D eigenvalue weighted by Crippen LogP contribution is -2.14. The van der Waals surface area contributed by atoms with Gasteiger partial charge in [-0.15, -0.1) is 0 Å². The van der Waals surface area contributed by atoms with Crippen LogP contribution >= 0.6 is 0 Å². The van der Waals surface area contributed by atoms with Gasteiger partial charge in [0, 0.05) is 13.6 Å². The van der Waals surface area contributed by atoms with Gasteiger partial charge in [0.1, 0.15) is 6.61 Å². The van der Waals surface area contributed by atoms with Crippen LogP contribution in [0.4, 0.5) is 5.69 Å². The van der Waals surface area contributed by atoms with Crippen LogP contribution in [-0.2, 0) is 11.3 Å². The minimum Gasteiger partial charge on any atom is -0.457 e. The van der Waals surface area contributed by atoms with Crippen LogP contribution in [0.3, 0.4) is 0 Å². The molecule has 0 N–H and O–H groups in total. The van der Waals surface area contributed by atoms with Crippen molar-refractivity contribution >= 4 is 18.0 Å². The molecule has 2 rings (SSSR count). The van der Waals surface area contributed by atoms with Crippen molar-refractivity contribution in [1.29, 1.82) is 0 Å². The summed E-state index contributed by atoms with van der Waals surface area (Å²) in [6.45, 7) is 5.25. The maximum absolute atomic E-state index is 12.0. The molecule has 0 spiro atoms. The highest BCUT2D eigenvalue weighted by molar-refractivity contribution is 5.89. The Kier molecular flexibility index (Phi) is 5.92. The van der Waals surface area contributed by atoms with Crippen molar-refractivity contribution in [3.63, 3.8) is 0 Å². The van der Waals surface area contributed by atoms with E-state index in [9.17, 15) is 4.79 Å². The van der Waals surface area contributed by atoms with Crippen LogP contribution < -0.4 is 0 Å². The standard InChI is InChI=1S/C19H22N2O2/c1-4-21(3)14-20-18-11-9-17(10-12-18)19(22)23-13-16-7-5-15(2)6-8-16/h5-12,14H,4,13H2,1-3H3/b20-14+. The Morgan fingerprint density at radius 2 is 1.78 bits per heavy atom. The van der Waals surface area contributed by atoms with Crippen molar-refractivity contribution < 1.29 is 9.53 Å². The minimum atomic E-state index is -0.327. The number of ether oxygens (including phenoxy) is 1. The summed E-state index contributed by atoms with van der Waals surface area (Å²) in [6, 6.07) is 15.0. The van der Waals surface area contributed by atoms with Crippen LogP contribution in [-0.4, -0.2) is 30.8 Å². The molecule has 0 amide bonds. The van der Waals surface area contributed by atoms with E-state index in [1.165, 1.54) is 5.56 Å². The molecule has 0 fully saturated rings. The third-order valence-electron chi connectivity index (χ3n) is 3.50. The normalized spacial score (nSPS) is 10.7. The first-order valence-electron chi connectivity index (χ1n) is 7.65. The number of carbonyl (C=O) groups excluding carboxylic acids is 1. The predicted molar refractivity (Wildman–Crippen MR) is 93.2 cm³/mol. The maximum Gasteiger partial charge on any atom is 0.338 e. The Hall–Kier alpha value is -2.62. The van der Waals surface area contributed by atoms with Crippen molar-refractivity contribution in [3.8, 4) is 0 Å². The summed E-state index contributed by atoms with van der Waals surface area (Å²) in [6.07, 6.45) is 1.77. The molecular weight excluding hydrogens is 288 g/mol. The van der Waals surface area contributed by atoms with Crippen molar-refractivity contribution in [2.24, 2.45) is 4.99 Å². The van der Waals surface area contributed by atoms with Gasteiger partial charge in [0.25, 0.3) is 0 Å². The molecule has 0 atom stereocenters. The summed E-state index contributed by atoms with van der Waals surface area (Å²) in [4.78, 5) is 18.3. The summed E-state index contributed by atoms with van der Waals surface area (Å²) in [5.74, 6) is -0.327. The Labute approximate surface area is 137 Å². The molecule has 0 radical (unpaired) electrons. The van der Waals surface area contributed by atoms with E-state index >= 15 is 0 Å². The lowest BCUT2D eigenvalue weighted by atomic mass is 10.2. The first kappa shape index (κ1) is 16.7. The van der Waals surface area contributed by atoms with Crippen LogP contribution in [0.1, 0.15) is 28.4 Å². The van der Waals surface area contributed by atoms with E-state index in [0.717, 1.165) is 17.8 Å². The number of esters is 1. The molecular formula is C19H22N2O2. The molecule has 4 nitrogen and oxygen atoms in total. The van der Waals surface area contributed by atoms with E-state index in [1.807, 2.05) is 55.3 Å². The molecule has 0 heterocycles. The highest BCUT2D eigenvalue weighted by Gasteiger charge is 2.07. The second-order valence-corrected chi connectivity index (χ2v) is 5.43. The fourth-order valence-electron chi connectivity index (χ4n) is 1.85. The zero-order valence-electron chi connectivity index (χ0n) is 13.8. The van der Waals surface area contributed by atoms with Crippen molar-refractivity contribution in [3.05, 3.63) is 65.2 Å². The molecule has 0 bridgehead atoms. The lowest BCUT2D eigenvalue weighted by Gasteiger charge is -2.08. The van der Waals surface area contributed by atoms with Crippen LogP contribution in [0.5, 0.6) is 0 Å². The molecule has 0 aromatic heterocycles. The highest BCUT2D eigenvalue weighted by Crippen LogP contribution is 2.14. The second-order valence-electron chi connectivity index (χ2n) is 5.43. The summed E-state index contributed by atoms with van der Waals surface area (Å²) in [5.41, 5.74) is 3.50. The first-order chi connectivity index (χ1) is 11.1. The monoisotopic (exact) mass is 310 g/mol. The number of benzene rings is 2. The van der Waals surface area contributed by atoms with Gasteiger partial charge in [-0.25, -0.2) is 9.79 Å². The highest BCUT2D eigenvalue weighted by atomic mass is 16.5. The molecule has 0 unspecified atom stereocenters. The number of aryl methyl sites for hydroxylation is 1. The molecule has 0 aliphatic carbocycles. The largest absolute Gasteiger partial charge is 0.457 e. The Balaban J connectivity index is 1.92. The number of hydrogen-bond donors (Lipinski definition) is 0. The van der Waals surface area contributed by atoms with Crippen LogP contribution in [0.15, 0.2) is 53.5 Å². The minimum absolute atomic E-state index is 0.278. The van der Waals surface area contributed by atoms with E-state index in [4.69, 9.17) is 4.74 Å². The van der Waals surface area contributed by atoms with E-state index in [0.29, 0.717) is 5.56 Å². The lowest BCUT2D eigenvalue weighted by molar-refractivity contribution is 0.0473. The van der Waals surface area contributed by atoms with Gasteiger partial charge < -0.3 is 9.64 Å². The predicted octanol–water partition coefficient (Wildman–Crippen LogP) is 3.96. The average Bonchev–Trinajstić information content (AvgIpc) is 2.59. The van der Waals surface area contributed by atoms with E-state index < -0.39 is 0 Å². The SMILES string of the molecule is CCN(C)/C=N/c1ccc(C(=O)OCc2ccc(C)cc2)cc1. The summed E-state index contributed by atoms with van der Waals surface area (Å²) >= 11 is 0. The molecule has 4 heteroatoms. The smallest absolute Gasteiger partial charge is 0.338 e. The number of hydrogen-bond acceptors (Lipinski definition) is 3. The summed E-state index contributed by atoms with van der Waals surface area (Å²) in [7, 11) is 1.96. The topological polar surface area (TPSA) is 41.9 Å². The van der Waals surface area contributed by atoms with Crippen molar-refractivity contribution in [2.45, 2.75) is 20.5 Å². The zero-order valence-corrected chi connectivity index (χ0v) is 13.8. The molecule has 2 aromatic rings. The number of carbonyl (C=O) groups is 1. The maximum atomic E-state index is 12.0. The molecule has 2 aromatic carbocycles. The Bertz CT molecular complexity index is 661. The number of aliphatic imine (C=N–C) groups is 1. The molecule has 0 saturated heterocycles. The fraction of sp³-hybridized carbons (Fsp3) is 0.263. The summed E-state index contributed by atoms with van der Waals surface area (Å²) < 4.78 is 5.32. The third-order valence-corrected chi connectivity index (χ3v) is 3.50. The van der Waals surface area contributed by atoms with Crippen LogP contribution in [0, 0.1) is 6.92 Å². The third kappa shape index (κ3) is 5.25. The van der Waals surface area contributed by atoms with Gasteiger partial charge in [-0.2, -0.15) is 0 Å². The summed E-state index contributed by atoms with van der Waals surface area (Å²) in [5, 5.41) is 0. The van der Waals surface area contributed by atoms with Gasteiger partial charge >= 0.3 is 5.97 Å². The van der Waals surface area contributed by atoms with Gasteiger partial charge in [0.15, 0.2) is 0 Å². The zero-order chi connectivity index (χ0) is 16.7. The molecule has 0 aliphatic rings. The van der Waals surface area contributed by atoms with Crippen molar-refractivity contribution in [1.82, 2.24) is 4.90 Å². The Morgan fingerprint density at radius 1 is 1.13 bits per heavy atom. The van der Waals surface area contributed by atoms with Crippen LogP contribution in [0.2, 0.25) is 0 Å². The molecule has 0 aliphatic heterocycles. The molecule has 0 saturated carbocycles. The van der Waals surface area contributed by atoms with Gasteiger partial charge in [-0.05, 0) is 43.7 Å². The van der Waals surface area contributed by atoms with E-state index in [1.54, 1.807) is 18.5 Å². The number of rotatable bonds is 6. The van der Waals surface area contributed by atoms with Crippen LogP contribution in [0.25, 0.3) is 0 Å². The van der Waals surface area contributed by atoms with Gasteiger partial charge in [0.05, 0.1) is 17.6 Å². The molecule has 120 valence electrons. The number of nitrogens with zero attached hydrogens (tertiary/aromatic N) is 2. The molecule has 23 heavy (non-hydrogen) atoms. The van der Waals surface area contributed by atoms with Crippen molar-refractivity contribution in [2.75, 3.05) is 13.6 Å². The first-order valence-corrected chi connectivity index (χ1v) is 7.65. The fourth-order valence-corrected chi connectivity index (χ4v) is 1.85. The second kappa shape index (κ2) is 8.13. The van der Waals surface area contributed by atoms with E-state index in [-0.39, 0.29) is 12.6 Å². The van der Waals surface area contributed by atoms with Gasteiger partial charge in [-0.1, -0.05) is 29.8 Å². The van der Waals surface area contributed by atoms with Gasteiger partial charge in [-0.3, -0.25) is 0 Å². The van der Waals surface area contributed by atoms with Gasteiger partial charge in [0.2, 0.25) is 0 Å². The Morgan fingerprint density at radius 3 is 2.39 bits per heavy atom. The van der Waals surface area contributed by atoms with E-state index in [2.05, 4.69) is 11.9 Å². The quantitative estimate of drug-likeness (QED) is 0.461. The average molecular weight is 310 g/mol.